The minimum Gasteiger partial charge on any atom is -0.310 e. The summed E-state index contributed by atoms with van der Waals surface area (Å²) in [6.45, 7) is 4.48. The van der Waals surface area contributed by atoms with Gasteiger partial charge in [0, 0.05) is 23.6 Å². The zero-order valence-corrected chi connectivity index (χ0v) is 6.29. The molecule has 0 aromatic heterocycles. The molecule has 0 unspecified atom stereocenters. The molecule has 0 aromatic carbocycles. The van der Waals surface area contributed by atoms with Gasteiger partial charge < -0.3 is 5.32 Å². The molecule has 0 amide bonds. The van der Waals surface area contributed by atoms with Crippen LogP contribution >= 0.6 is 11.8 Å². The molecule has 1 heterocycles. The van der Waals surface area contributed by atoms with Gasteiger partial charge in [-0.05, 0) is 13.8 Å². The number of thioether (sulfide) groups is 1. The van der Waals surface area contributed by atoms with Gasteiger partial charge >= 0.3 is 0 Å². The number of nitrogens with one attached hydrogen (secondary N) is 1. The van der Waals surface area contributed by atoms with E-state index in [1.807, 2.05) is 11.8 Å². The first-order valence-corrected chi connectivity index (χ1v) is 4.28. The molecule has 0 aliphatic carbocycles. The Kier molecular flexibility index (Phi) is 2.20. The second kappa shape index (κ2) is 2.74. The predicted molar refractivity (Wildman–Crippen MR) is 39.4 cm³/mol. The standard InChI is InChI=1S/C6H13NS/c1-5-3-8-4-6(2)7-5/h5-7H,3-4H2,1-2H3/t5-,6+. The van der Waals surface area contributed by atoms with Crippen LogP contribution in [0.2, 0.25) is 0 Å². The average molecular weight is 131 g/mol. The van der Waals surface area contributed by atoms with Crippen molar-refractivity contribution in [3.05, 3.63) is 0 Å². The van der Waals surface area contributed by atoms with Gasteiger partial charge in [0.1, 0.15) is 0 Å². The summed E-state index contributed by atoms with van der Waals surface area (Å²) < 4.78 is 0. The second-order valence-corrected chi connectivity index (χ2v) is 3.58. The molecule has 0 aromatic rings. The summed E-state index contributed by atoms with van der Waals surface area (Å²) in [6.07, 6.45) is 0. The molecule has 2 atom stereocenters. The van der Waals surface area contributed by atoms with Gasteiger partial charge in [0.2, 0.25) is 0 Å². The maximum Gasteiger partial charge on any atom is 0.0132 e. The molecular weight excluding hydrogens is 118 g/mol. The molecule has 1 nitrogen and oxygen atoms in total. The van der Waals surface area contributed by atoms with E-state index in [2.05, 4.69) is 19.2 Å². The van der Waals surface area contributed by atoms with Crippen molar-refractivity contribution in [2.75, 3.05) is 11.5 Å². The molecule has 0 bridgehead atoms. The third-order valence-electron chi connectivity index (χ3n) is 1.30. The molecule has 1 saturated heterocycles. The summed E-state index contributed by atoms with van der Waals surface area (Å²) in [4.78, 5) is 0. The van der Waals surface area contributed by atoms with Crippen LogP contribution in [0, 0.1) is 0 Å². The van der Waals surface area contributed by atoms with E-state index in [4.69, 9.17) is 0 Å². The van der Waals surface area contributed by atoms with Gasteiger partial charge in [0.05, 0.1) is 0 Å². The van der Waals surface area contributed by atoms with Crippen LogP contribution in [0.15, 0.2) is 0 Å². The monoisotopic (exact) mass is 131 g/mol. The molecule has 1 aliphatic heterocycles. The van der Waals surface area contributed by atoms with Crippen molar-refractivity contribution in [3.63, 3.8) is 0 Å². The van der Waals surface area contributed by atoms with E-state index >= 15 is 0 Å². The molecule has 1 aliphatic rings. The molecule has 1 N–H and O–H groups in total. The third-order valence-corrected chi connectivity index (χ3v) is 2.78. The highest BCUT2D eigenvalue weighted by atomic mass is 32.2. The molecule has 1 rings (SSSR count). The largest absolute Gasteiger partial charge is 0.310 e. The zero-order chi connectivity index (χ0) is 5.98. The first kappa shape index (κ1) is 6.43. The topological polar surface area (TPSA) is 12.0 Å². The molecule has 2 heteroatoms. The van der Waals surface area contributed by atoms with Crippen LogP contribution in [0.25, 0.3) is 0 Å². The van der Waals surface area contributed by atoms with E-state index in [-0.39, 0.29) is 0 Å². The Hall–Kier alpha value is 0.310. The van der Waals surface area contributed by atoms with Gasteiger partial charge in [0.15, 0.2) is 0 Å². The Balaban J connectivity index is 2.23. The Morgan fingerprint density at radius 2 is 1.75 bits per heavy atom. The van der Waals surface area contributed by atoms with Crippen molar-refractivity contribution in [1.29, 1.82) is 0 Å². The lowest BCUT2D eigenvalue weighted by atomic mass is 10.3. The molecular formula is C6H13NS. The van der Waals surface area contributed by atoms with Crippen LogP contribution in [-0.2, 0) is 0 Å². The minimum absolute atomic E-state index is 0.726. The normalized spacial score (nSPS) is 39.8. The van der Waals surface area contributed by atoms with Gasteiger partial charge in [-0.25, -0.2) is 0 Å². The minimum atomic E-state index is 0.726. The SMILES string of the molecule is C[C@@H]1CSC[C@H](C)N1. The first-order valence-electron chi connectivity index (χ1n) is 3.13. The quantitative estimate of drug-likeness (QED) is 0.528. The highest BCUT2D eigenvalue weighted by molar-refractivity contribution is 7.99. The smallest absolute Gasteiger partial charge is 0.0132 e. The Morgan fingerprint density at radius 1 is 1.25 bits per heavy atom. The van der Waals surface area contributed by atoms with E-state index in [0.29, 0.717) is 0 Å². The van der Waals surface area contributed by atoms with Gasteiger partial charge in [-0.15, -0.1) is 0 Å². The fraction of sp³-hybridized carbons (Fsp3) is 1.00. The summed E-state index contributed by atoms with van der Waals surface area (Å²) >= 11 is 2.05. The molecule has 0 spiro atoms. The number of hydrogen-bond donors (Lipinski definition) is 1. The lowest BCUT2D eigenvalue weighted by molar-refractivity contribution is 0.514. The summed E-state index contributed by atoms with van der Waals surface area (Å²) in [5, 5.41) is 3.46. The summed E-state index contributed by atoms with van der Waals surface area (Å²) in [6, 6.07) is 1.45. The third kappa shape index (κ3) is 1.67. The summed E-state index contributed by atoms with van der Waals surface area (Å²) in [5.74, 6) is 2.56. The lowest BCUT2D eigenvalue weighted by Gasteiger charge is -2.24. The number of hydrogen-bond acceptors (Lipinski definition) is 2. The number of rotatable bonds is 0. The summed E-state index contributed by atoms with van der Waals surface area (Å²) in [7, 11) is 0. The van der Waals surface area contributed by atoms with Crippen molar-refractivity contribution in [2.45, 2.75) is 25.9 Å². The lowest BCUT2D eigenvalue weighted by Crippen LogP contribution is -2.41. The van der Waals surface area contributed by atoms with E-state index in [1.165, 1.54) is 11.5 Å². The van der Waals surface area contributed by atoms with Crippen LogP contribution in [-0.4, -0.2) is 23.6 Å². The molecule has 8 heavy (non-hydrogen) atoms. The van der Waals surface area contributed by atoms with E-state index in [0.717, 1.165) is 12.1 Å². The van der Waals surface area contributed by atoms with Gasteiger partial charge in [-0.2, -0.15) is 11.8 Å². The highest BCUT2D eigenvalue weighted by Crippen LogP contribution is 2.10. The molecule has 0 radical (unpaired) electrons. The van der Waals surface area contributed by atoms with Crippen LogP contribution < -0.4 is 5.32 Å². The van der Waals surface area contributed by atoms with Gasteiger partial charge in [-0.3, -0.25) is 0 Å². The predicted octanol–water partition coefficient (Wildman–Crippen LogP) is 1.10. The average Bonchev–Trinajstić information content (AvgIpc) is 1.64. The van der Waals surface area contributed by atoms with Crippen LogP contribution in [0.5, 0.6) is 0 Å². The Labute approximate surface area is 55.2 Å². The fourth-order valence-electron chi connectivity index (χ4n) is 1.00. The Morgan fingerprint density at radius 3 is 2.00 bits per heavy atom. The fourth-order valence-corrected chi connectivity index (χ4v) is 2.04. The Bertz CT molecular complexity index is 66.9. The maximum absolute atomic E-state index is 3.46. The van der Waals surface area contributed by atoms with Crippen molar-refractivity contribution in [3.8, 4) is 0 Å². The first-order chi connectivity index (χ1) is 3.79. The van der Waals surface area contributed by atoms with Crippen LogP contribution in [0.3, 0.4) is 0 Å². The van der Waals surface area contributed by atoms with Crippen molar-refractivity contribution >= 4 is 11.8 Å². The van der Waals surface area contributed by atoms with Crippen LogP contribution in [0.1, 0.15) is 13.8 Å². The zero-order valence-electron chi connectivity index (χ0n) is 5.48. The molecule has 1 fully saturated rings. The van der Waals surface area contributed by atoms with E-state index in [9.17, 15) is 0 Å². The van der Waals surface area contributed by atoms with Crippen molar-refractivity contribution in [1.82, 2.24) is 5.32 Å². The van der Waals surface area contributed by atoms with Gasteiger partial charge in [-0.1, -0.05) is 0 Å². The van der Waals surface area contributed by atoms with Gasteiger partial charge in [0.25, 0.3) is 0 Å². The van der Waals surface area contributed by atoms with E-state index < -0.39 is 0 Å². The second-order valence-electron chi connectivity index (χ2n) is 2.51. The van der Waals surface area contributed by atoms with E-state index in [1.54, 1.807) is 0 Å². The van der Waals surface area contributed by atoms with Crippen LogP contribution in [0.4, 0.5) is 0 Å². The summed E-state index contributed by atoms with van der Waals surface area (Å²) in [5.41, 5.74) is 0. The molecule has 0 saturated carbocycles. The highest BCUT2D eigenvalue weighted by Gasteiger charge is 2.12. The van der Waals surface area contributed by atoms with Crippen molar-refractivity contribution < 1.29 is 0 Å². The van der Waals surface area contributed by atoms with Crippen molar-refractivity contribution in [2.24, 2.45) is 0 Å². The maximum atomic E-state index is 3.46. The molecule has 48 valence electrons.